The maximum Gasteiger partial charge on any atom is 0.253 e. The van der Waals surface area contributed by atoms with Crippen molar-refractivity contribution in [1.29, 1.82) is 0 Å². The van der Waals surface area contributed by atoms with Crippen LogP contribution >= 0.6 is 27.3 Å². The van der Waals surface area contributed by atoms with Crippen LogP contribution in [0.5, 0.6) is 0 Å². The molecule has 0 radical (unpaired) electrons. The summed E-state index contributed by atoms with van der Waals surface area (Å²) in [6.07, 6.45) is 0. The van der Waals surface area contributed by atoms with E-state index in [2.05, 4.69) is 33.4 Å². The van der Waals surface area contributed by atoms with Gasteiger partial charge in [0.25, 0.3) is 5.91 Å². The number of rotatable bonds is 4. The summed E-state index contributed by atoms with van der Waals surface area (Å²) in [5, 5.41) is 6.77. The zero-order valence-electron chi connectivity index (χ0n) is 11.3. The zero-order valence-corrected chi connectivity index (χ0v) is 13.7. The minimum atomic E-state index is -0.0169. The first-order valence-corrected chi connectivity index (χ1v) is 8.66. The minimum absolute atomic E-state index is 0.0169. The third-order valence-electron chi connectivity index (χ3n) is 3.32. The van der Waals surface area contributed by atoms with E-state index >= 15 is 0 Å². The third-order valence-corrected chi connectivity index (χ3v) is 4.94. The molecule has 0 spiro atoms. The predicted molar refractivity (Wildman–Crippen MR) is 92.1 cm³/mol. The molecule has 3 aromatic rings. The lowest BCUT2D eigenvalue weighted by Crippen LogP contribution is -2.22. The molecule has 0 saturated carbocycles. The molecule has 0 aliphatic heterocycles. The summed E-state index contributed by atoms with van der Waals surface area (Å²) >= 11 is 5.05. The lowest BCUT2D eigenvalue weighted by atomic mass is 10.1. The Morgan fingerprint density at radius 1 is 1.10 bits per heavy atom. The van der Waals surface area contributed by atoms with E-state index in [1.807, 2.05) is 41.8 Å². The SMILES string of the molecule is O=C(NCc1cccc(CBr)c1)c1csc2ccccc12. The van der Waals surface area contributed by atoms with Crippen molar-refractivity contribution in [2.45, 2.75) is 11.9 Å². The van der Waals surface area contributed by atoms with Gasteiger partial charge in [0.05, 0.1) is 5.56 Å². The van der Waals surface area contributed by atoms with E-state index in [0.29, 0.717) is 6.54 Å². The average Bonchev–Trinajstić information content (AvgIpc) is 2.97. The van der Waals surface area contributed by atoms with Crippen LogP contribution in [0.25, 0.3) is 10.1 Å². The van der Waals surface area contributed by atoms with Gasteiger partial charge in [0, 0.05) is 27.3 Å². The maximum absolute atomic E-state index is 12.3. The average molecular weight is 360 g/mol. The van der Waals surface area contributed by atoms with Crippen LogP contribution in [0.1, 0.15) is 21.5 Å². The number of fused-ring (bicyclic) bond motifs is 1. The van der Waals surface area contributed by atoms with E-state index in [1.54, 1.807) is 11.3 Å². The number of thiophene rings is 1. The lowest BCUT2D eigenvalue weighted by Gasteiger charge is -2.06. The standard InChI is InChI=1S/C17H14BrNOS/c18-9-12-4-3-5-13(8-12)10-19-17(20)15-11-21-16-7-2-1-6-14(15)16/h1-8,11H,9-10H2,(H,19,20). The molecule has 21 heavy (non-hydrogen) atoms. The Bertz CT molecular complexity index is 781. The lowest BCUT2D eigenvalue weighted by molar-refractivity contribution is 0.0953. The highest BCUT2D eigenvalue weighted by molar-refractivity contribution is 9.08. The van der Waals surface area contributed by atoms with Crippen molar-refractivity contribution in [3.8, 4) is 0 Å². The Labute approximate surface area is 135 Å². The van der Waals surface area contributed by atoms with Crippen LogP contribution in [0, 0.1) is 0 Å². The minimum Gasteiger partial charge on any atom is -0.348 e. The Hall–Kier alpha value is -1.65. The molecule has 1 aromatic heterocycles. The van der Waals surface area contributed by atoms with Crippen LogP contribution in [-0.4, -0.2) is 5.91 Å². The molecule has 0 aliphatic rings. The van der Waals surface area contributed by atoms with Crippen molar-refractivity contribution >= 4 is 43.3 Å². The van der Waals surface area contributed by atoms with Gasteiger partial charge in [0.15, 0.2) is 0 Å². The molecule has 0 unspecified atom stereocenters. The molecular weight excluding hydrogens is 346 g/mol. The first-order valence-electron chi connectivity index (χ1n) is 6.66. The second kappa shape index (κ2) is 6.41. The molecule has 1 N–H and O–H groups in total. The maximum atomic E-state index is 12.3. The van der Waals surface area contributed by atoms with Gasteiger partial charge >= 0.3 is 0 Å². The molecule has 0 atom stereocenters. The molecule has 1 amide bonds. The third kappa shape index (κ3) is 3.17. The second-order valence-electron chi connectivity index (χ2n) is 4.78. The Morgan fingerprint density at radius 3 is 2.76 bits per heavy atom. The van der Waals surface area contributed by atoms with Crippen LogP contribution in [0.15, 0.2) is 53.9 Å². The summed E-state index contributed by atoms with van der Waals surface area (Å²) < 4.78 is 1.14. The van der Waals surface area contributed by atoms with Gasteiger partial charge in [-0.05, 0) is 17.2 Å². The number of nitrogens with one attached hydrogen (secondary N) is 1. The van der Waals surface area contributed by atoms with E-state index in [0.717, 1.165) is 26.5 Å². The summed E-state index contributed by atoms with van der Waals surface area (Å²) in [5.41, 5.74) is 3.08. The van der Waals surface area contributed by atoms with E-state index in [1.165, 1.54) is 5.56 Å². The van der Waals surface area contributed by atoms with E-state index in [-0.39, 0.29) is 5.91 Å². The number of halogens is 1. The highest BCUT2D eigenvalue weighted by Gasteiger charge is 2.11. The number of hydrogen-bond acceptors (Lipinski definition) is 2. The van der Waals surface area contributed by atoms with Gasteiger partial charge in [0.2, 0.25) is 0 Å². The van der Waals surface area contributed by atoms with Gasteiger partial charge in [-0.1, -0.05) is 58.4 Å². The van der Waals surface area contributed by atoms with Gasteiger partial charge < -0.3 is 5.32 Å². The van der Waals surface area contributed by atoms with Crippen LogP contribution in [0.4, 0.5) is 0 Å². The molecule has 2 aromatic carbocycles. The van der Waals surface area contributed by atoms with Crippen molar-refractivity contribution < 1.29 is 4.79 Å². The Balaban J connectivity index is 1.74. The van der Waals surface area contributed by atoms with Crippen LogP contribution in [-0.2, 0) is 11.9 Å². The van der Waals surface area contributed by atoms with Gasteiger partial charge in [-0.2, -0.15) is 0 Å². The number of carbonyl (C=O) groups excluding carboxylic acids is 1. The monoisotopic (exact) mass is 359 g/mol. The fourth-order valence-corrected chi connectivity index (χ4v) is 3.54. The molecule has 0 saturated heterocycles. The highest BCUT2D eigenvalue weighted by atomic mass is 79.9. The number of carbonyl (C=O) groups is 1. The van der Waals surface area contributed by atoms with Crippen molar-refractivity contribution in [2.24, 2.45) is 0 Å². The van der Waals surface area contributed by atoms with Gasteiger partial charge in [-0.15, -0.1) is 11.3 Å². The molecule has 0 bridgehead atoms. The number of benzene rings is 2. The first kappa shape index (κ1) is 14.3. The fourth-order valence-electron chi connectivity index (χ4n) is 2.25. The van der Waals surface area contributed by atoms with Crippen molar-refractivity contribution in [3.63, 3.8) is 0 Å². The van der Waals surface area contributed by atoms with Gasteiger partial charge in [-0.25, -0.2) is 0 Å². The largest absolute Gasteiger partial charge is 0.348 e. The molecule has 2 nitrogen and oxygen atoms in total. The van der Waals surface area contributed by atoms with Gasteiger partial charge in [0.1, 0.15) is 0 Å². The molecule has 0 aliphatic carbocycles. The van der Waals surface area contributed by atoms with Gasteiger partial charge in [-0.3, -0.25) is 4.79 Å². The van der Waals surface area contributed by atoms with E-state index in [4.69, 9.17) is 0 Å². The molecule has 3 rings (SSSR count). The van der Waals surface area contributed by atoms with Crippen molar-refractivity contribution in [2.75, 3.05) is 0 Å². The Morgan fingerprint density at radius 2 is 1.90 bits per heavy atom. The molecular formula is C17H14BrNOS. The summed E-state index contributed by atoms with van der Waals surface area (Å²) in [7, 11) is 0. The van der Waals surface area contributed by atoms with Crippen molar-refractivity contribution in [3.05, 3.63) is 70.6 Å². The fraction of sp³-hybridized carbons (Fsp3) is 0.118. The van der Waals surface area contributed by atoms with E-state index < -0.39 is 0 Å². The van der Waals surface area contributed by atoms with Crippen LogP contribution < -0.4 is 5.32 Å². The molecule has 0 fully saturated rings. The highest BCUT2D eigenvalue weighted by Crippen LogP contribution is 2.25. The summed E-state index contributed by atoms with van der Waals surface area (Å²) in [6, 6.07) is 16.2. The predicted octanol–water partition coefficient (Wildman–Crippen LogP) is 4.73. The molecule has 1 heterocycles. The van der Waals surface area contributed by atoms with E-state index in [9.17, 15) is 4.79 Å². The zero-order chi connectivity index (χ0) is 14.7. The quantitative estimate of drug-likeness (QED) is 0.670. The number of hydrogen-bond donors (Lipinski definition) is 1. The molecule has 106 valence electrons. The summed E-state index contributed by atoms with van der Waals surface area (Å²) in [4.78, 5) is 12.3. The summed E-state index contributed by atoms with van der Waals surface area (Å²) in [6.45, 7) is 0.545. The second-order valence-corrected chi connectivity index (χ2v) is 6.25. The smallest absolute Gasteiger partial charge is 0.253 e. The number of alkyl halides is 1. The normalized spacial score (nSPS) is 10.7. The topological polar surface area (TPSA) is 29.1 Å². The van der Waals surface area contributed by atoms with Crippen LogP contribution in [0.3, 0.4) is 0 Å². The Kier molecular flexibility index (Phi) is 4.36. The molecule has 4 heteroatoms. The summed E-state index contributed by atoms with van der Waals surface area (Å²) in [5.74, 6) is -0.0169. The first-order chi connectivity index (χ1) is 10.3. The number of amides is 1. The van der Waals surface area contributed by atoms with Crippen molar-refractivity contribution in [1.82, 2.24) is 5.32 Å². The van der Waals surface area contributed by atoms with Crippen LogP contribution in [0.2, 0.25) is 0 Å².